The van der Waals surface area contributed by atoms with E-state index in [0.29, 0.717) is 13.0 Å². The van der Waals surface area contributed by atoms with Crippen LogP contribution >= 0.6 is 0 Å². The number of benzene rings is 1. The predicted molar refractivity (Wildman–Crippen MR) is 99.1 cm³/mol. The number of nitrogens with zero attached hydrogens (tertiary/aromatic N) is 2. The lowest BCUT2D eigenvalue weighted by molar-refractivity contribution is -0.141. The molecule has 2 aliphatic rings. The molecule has 3 rings (SSSR count). The van der Waals surface area contributed by atoms with Crippen LogP contribution in [0.4, 0.5) is 0 Å². The number of carbonyl (C=O) groups is 1. The summed E-state index contributed by atoms with van der Waals surface area (Å²) in [6.45, 7) is 6.63. The number of hydrogen-bond donors (Lipinski definition) is 1. The van der Waals surface area contributed by atoms with Crippen molar-refractivity contribution in [1.82, 2.24) is 9.80 Å². The number of aliphatic hydroxyl groups is 1. The molecule has 0 bridgehead atoms. The molecular formula is C20H28N2O4. The number of hydrogen-bond acceptors (Lipinski definition) is 5. The smallest absolute Gasteiger partial charge is 0.246 e. The van der Waals surface area contributed by atoms with Gasteiger partial charge in [-0.05, 0) is 19.1 Å². The number of rotatable bonds is 5. The summed E-state index contributed by atoms with van der Waals surface area (Å²) in [5, 5.41) is 10.8. The number of morpholine rings is 1. The molecule has 0 saturated carbocycles. The molecule has 6 nitrogen and oxygen atoms in total. The van der Waals surface area contributed by atoms with Gasteiger partial charge in [-0.25, -0.2) is 0 Å². The predicted octanol–water partition coefficient (Wildman–Crippen LogP) is 1.31. The highest BCUT2D eigenvalue weighted by molar-refractivity contribution is 5.87. The molecule has 26 heavy (non-hydrogen) atoms. The Labute approximate surface area is 155 Å². The quantitative estimate of drug-likeness (QED) is 0.802. The normalized spacial score (nSPS) is 27.6. The van der Waals surface area contributed by atoms with Crippen LogP contribution in [0.3, 0.4) is 0 Å². The second-order valence-corrected chi connectivity index (χ2v) is 7.14. The Morgan fingerprint density at radius 3 is 2.73 bits per heavy atom. The van der Waals surface area contributed by atoms with Gasteiger partial charge < -0.3 is 19.5 Å². The lowest BCUT2D eigenvalue weighted by Crippen LogP contribution is -2.58. The Balaban J connectivity index is 1.50. The van der Waals surface area contributed by atoms with E-state index in [1.165, 1.54) is 0 Å². The Bertz CT molecular complexity index is 611. The largest absolute Gasteiger partial charge is 0.487 e. The Morgan fingerprint density at radius 2 is 2.04 bits per heavy atom. The molecule has 0 aliphatic carbocycles. The maximum atomic E-state index is 12.4. The third-order valence-electron chi connectivity index (χ3n) is 4.93. The lowest BCUT2D eigenvalue weighted by atomic mass is 9.91. The molecule has 2 heterocycles. The number of carbonyl (C=O) groups excluding carboxylic acids is 1. The van der Waals surface area contributed by atoms with Crippen molar-refractivity contribution < 1.29 is 19.4 Å². The Kier molecular flexibility index (Phi) is 6.29. The van der Waals surface area contributed by atoms with E-state index < -0.39 is 5.60 Å². The van der Waals surface area contributed by atoms with Gasteiger partial charge in [-0.2, -0.15) is 0 Å². The van der Waals surface area contributed by atoms with Gasteiger partial charge in [0.2, 0.25) is 5.91 Å². The van der Waals surface area contributed by atoms with Gasteiger partial charge in [0.25, 0.3) is 0 Å². The van der Waals surface area contributed by atoms with Gasteiger partial charge in [-0.3, -0.25) is 9.69 Å². The summed E-state index contributed by atoms with van der Waals surface area (Å²) in [5.41, 5.74) is -1.08. The minimum Gasteiger partial charge on any atom is -0.487 e. The summed E-state index contributed by atoms with van der Waals surface area (Å²) >= 11 is 0. The van der Waals surface area contributed by atoms with E-state index in [1.54, 1.807) is 17.9 Å². The lowest BCUT2D eigenvalue weighted by Gasteiger charge is -2.42. The van der Waals surface area contributed by atoms with Crippen LogP contribution in [-0.4, -0.2) is 78.5 Å². The molecule has 0 radical (unpaired) electrons. The molecule has 1 amide bonds. The molecule has 142 valence electrons. The number of piperidine rings is 1. The van der Waals surface area contributed by atoms with E-state index in [4.69, 9.17) is 9.47 Å². The van der Waals surface area contributed by atoms with Crippen LogP contribution < -0.4 is 4.74 Å². The fourth-order valence-corrected chi connectivity index (χ4v) is 3.38. The summed E-state index contributed by atoms with van der Waals surface area (Å²) in [6.07, 6.45) is 3.79. The van der Waals surface area contributed by atoms with Gasteiger partial charge in [0.05, 0.1) is 19.8 Å². The summed E-state index contributed by atoms with van der Waals surface area (Å²) in [6, 6.07) is 9.49. The van der Waals surface area contributed by atoms with E-state index in [1.807, 2.05) is 36.4 Å². The summed E-state index contributed by atoms with van der Waals surface area (Å²) in [5.74, 6) is 0.680. The molecule has 2 aliphatic heterocycles. The monoisotopic (exact) mass is 360 g/mol. The zero-order valence-electron chi connectivity index (χ0n) is 15.3. The molecular weight excluding hydrogens is 332 g/mol. The maximum absolute atomic E-state index is 12.4. The molecule has 0 aromatic heterocycles. The van der Waals surface area contributed by atoms with Crippen LogP contribution in [0.15, 0.2) is 42.5 Å². The standard InChI is InChI=1S/C20H28N2O4/c1-20(24)16-22(11-9-18(20)26-17-6-3-2-4-7-17)19(23)8-5-10-21-12-14-25-15-13-21/h2-8,18,24H,9-16H2,1H3/t18-,20-/m0/s1. The van der Waals surface area contributed by atoms with E-state index in [-0.39, 0.29) is 18.6 Å². The first kappa shape index (κ1) is 18.9. The number of amides is 1. The first-order valence-corrected chi connectivity index (χ1v) is 9.24. The molecule has 1 aromatic carbocycles. The van der Waals surface area contributed by atoms with Crippen molar-refractivity contribution >= 4 is 5.91 Å². The Morgan fingerprint density at radius 1 is 1.31 bits per heavy atom. The highest BCUT2D eigenvalue weighted by Crippen LogP contribution is 2.26. The van der Waals surface area contributed by atoms with Crippen molar-refractivity contribution in [2.45, 2.75) is 25.0 Å². The van der Waals surface area contributed by atoms with E-state index in [2.05, 4.69) is 4.90 Å². The first-order valence-electron chi connectivity index (χ1n) is 9.24. The summed E-state index contributed by atoms with van der Waals surface area (Å²) < 4.78 is 11.3. The highest BCUT2D eigenvalue weighted by Gasteiger charge is 2.40. The second kappa shape index (κ2) is 8.66. The van der Waals surface area contributed by atoms with Crippen molar-refractivity contribution in [3.05, 3.63) is 42.5 Å². The molecule has 2 fully saturated rings. The van der Waals surface area contributed by atoms with Crippen molar-refractivity contribution in [2.24, 2.45) is 0 Å². The third-order valence-corrected chi connectivity index (χ3v) is 4.93. The molecule has 0 spiro atoms. The van der Waals surface area contributed by atoms with Gasteiger partial charge in [-0.1, -0.05) is 24.3 Å². The molecule has 0 unspecified atom stereocenters. The molecule has 6 heteroatoms. The fourth-order valence-electron chi connectivity index (χ4n) is 3.38. The van der Waals surface area contributed by atoms with E-state index in [9.17, 15) is 9.90 Å². The van der Waals surface area contributed by atoms with Gasteiger partial charge in [0, 0.05) is 38.7 Å². The fraction of sp³-hybridized carbons (Fsp3) is 0.550. The topological polar surface area (TPSA) is 62.2 Å². The third kappa shape index (κ3) is 5.06. The van der Waals surface area contributed by atoms with Crippen LogP contribution in [0, 0.1) is 0 Å². The van der Waals surface area contributed by atoms with E-state index in [0.717, 1.165) is 38.6 Å². The summed E-state index contributed by atoms with van der Waals surface area (Å²) in [7, 11) is 0. The number of para-hydroxylation sites is 1. The van der Waals surface area contributed by atoms with Gasteiger partial charge >= 0.3 is 0 Å². The van der Waals surface area contributed by atoms with Crippen molar-refractivity contribution in [3.8, 4) is 5.75 Å². The number of likely N-dealkylation sites (tertiary alicyclic amines) is 1. The zero-order chi connectivity index (χ0) is 18.4. The Hall–Kier alpha value is -1.89. The van der Waals surface area contributed by atoms with Crippen LogP contribution in [0.1, 0.15) is 13.3 Å². The van der Waals surface area contributed by atoms with E-state index >= 15 is 0 Å². The van der Waals surface area contributed by atoms with Crippen molar-refractivity contribution in [1.29, 1.82) is 0 Å². The molecule has 1 aromatic rings. The molecule has 2 saturated heterocycles. The molecule has 1 N–H and O–H groups in total. The zero-order valence-corrected chi connectivity index (χ0v) is 15.3. The summed E-state index contributed by atoms with van der Waals surface area (Å²) in [4.78, 5) is 16.4. The minimum absolute atomic E-state index is 0.0586. The van der Waals surface area contributed by atoms with Crippen molar-refractivity contribution in [2.75, 3.05) is 45.9 Å². The van der Waals surface area contributed by atoms with Crippen LogP contribution in [0.2, 0.25) is 0 Å². The average molecular weight is 360 g/mol. The van der Waals surface area contributed by atoms with Gasteiger partial charge in [-0.15, -0.1) is 0 Å². The second-order valence-electron chi connectivity index (χ2n) is 7.14. The van der Waals surface area contributed by atoms with Crippen LogP contribution in [0.5, 0.6) is 5.75 Å². The maximum Gasteiger partial charge on any atom is 0.246 e. The molecule has 2 atom stereocenters. The SMILES string of the molecule is C[C@]1(O)CN(C(=O)C=CCN2CCOCC2)CC[C@@H]1Oc1ccccc1. The number of ether oxygens (including phenoxy) is 2. The number of β-amino-alcohol motifs (C(OH)–C–C–N with tert-alkyl or cyclic N) is 1. The van der Waals surface area contributed by atoms with Crippen molar-refractivity contribution in [3.63, 3.8) is 0 Å². The van der Waals surface area contributed by atoms with Gasteiger partial charge in [0.15, 0.2) is 0 Å². The van der Waals surface area contributed by atoms with Crippen LogP contribution in [-0.2, 0) is 9.53 Å². The van der Waals surface area contributed by atoms with Crippen LogP contribution in [0.25, 0.3) is 0 Å². The highest BCUT2D eigenvalue weighted by atomic mass is 16.5. The van der Waals surface area contributed by atoms with Gasteiger partial charge in [0.1, 0.15) is 17.5 Å². The first-order chi connectivity index (χ1) is 12.5. The average Bonchev–Trinajstić information content (AvgIpc) is 2.65. The minimum atomic E-state index is -1.08.